The number of nitrogens with one attached hydrogen (secondary N) is 3. The Morgan fingerprint density at radius 1 is 1.35 bits per heavy atom. The summed E-state index contributed by atoms with van der Waals surface area (Å²) in [4.78, 5) is 21.2. The van der Waals surface area contributed by atoms with Crippen LogP contribution in [0.1, 0.15) is 23.2 Å². The summed E-state index contributed by atoms with van der Waals surface area (Å²) in [5.74, 6) is 0.491. The lowest BCUT2D eigenvalue weighted by atomic mass is 10.2. The number of nitrogen functional groups attached to an aromatic ring is 1. The summed E-state index contributed by atoms with van der Waals surface area (Å²) in [5.41, 5.74) is 7.97. The van der Waals surface area contributed by atoms with E-state index in [9.17, 15) is 4.79 Å². The molecule has 3 heterocycles. The fourth-order valence-electron chi connectivity index (χ4n) is 2.99. The van der Waals surface area contributed by atoms with E-state index in [1.54, 1.807) is 18.3 Å². The minimum atomic E-state index is -0.0961. The van der Waals surface area contributed by atoms with Crippen LogP contribution in [0.5, 0.6) is 0 Å². The van der Waals surface area contributed by atoms with Gasteiger partial charge in [0.1, 0.15) is 5.82 Å². The molecule has 1 aliphatic heterocycles. The molecule has 0 spiro atoms. The minimum Gasteiger partial charge on any atom is -0.399 e. The average molecular weight is 368 g/mol. The Balaban J connectivity index is 1.45. The molecule has 0 radical (unpaired) electrons. The van der Waals surface area contributed by atoms with Crippen molar-refractivity contribution in [1.29, 1.82) is 0 Å². The Labute approximate surface area is 155 Å². The number of anilines is 3. The standard InChI is InChI=1S/C18H20N6OS/c19-12-3-4-14-15(9-12)26-18(23-14)24-16-8-11(5-7-21-16)17(25)22-10-13-2-1-6-20-13/h3-5,7-9,13,20H,1-2,6,10,19H2,(H,22,25)(H,21,23,24). The van der Waals surface area contributed by atoms with Crippen LogP contribution in [-0.2, 0) is 0 Å². The van der Waals surface area contributed by atoms with Crippen molar-refractivity contribution in [3.8, 4) is 0 Å². The van der Waals surface area contributed by atoms with Gasteiger partial charge in [0.2, 0.25) is 0 Å². The van der Waals surface area contributed by atoms with Gasteiger partial charge in [-0.15, -0.1) is 0 Å². The van der Waals surface area contributed by atoms with Crippen LogP contribution >= 0.6 is 11.3 Å². The predicted octanol–water partition coefficient (Wildman–Crippen LogP) is 2.50. The van der Waals surface area contributed by atoms with E-state index >= 15 is 0 Å². The quantitative estimate of drug-likeness (QED) is 0.516. The van der Waals surface area contributed by atoms with E-state index in [0.717, 1.165) is 29.6 Å². The van der Waals surface area contributed by atoms with Crippen LogP contribution in [-0.4, -0.2) is 35.0 Å². The zero-order chi connectivity index (χ0) is 17.9. The van der Waals surface area contributed by atoms with Crippen LogP contribution in [0.25, 0.3) is 10.2 Å². The van der Waals surface area contributed by atoms with Crippen molar-refractivity contribution < 1.29 is 4.79 Å². The number of amides is 1. The van der Waals surface area contributed by atoms with Crippen LogP contribution in [0, 0.1) is 0 Å². The molecular formula is C18H20N6OS. The second-order valence-corrected chi connectivity index (χ2v) is 7.33. The summed E-state index contributed by atoms with van der Waals surface area (Å²) in [6.07, 6.45) is 3.89. The average Bonchev–Trinajstić information content (AvgIpc) is 3.28. The SMILES string of the molecule is Nc1ccc2nc(Nc3cc(C(=O)NCC4CCCN4)ccn3)sc2c1. The second-order valence-electron chi connectivity index (χ2n) is 6.30. The van der Waals surface area contributed by atoms with Crippen molar-refractivity contribution in [2.24, 2.45) is 0 Å². The monoisotopic (exact) mass is 368 g/mol. The molecule has 1 unspecified atom stereocenters. The van der Waals surface area contributed by atoms with Gasteiger partial charge < -0.3 is 21.7 Å². The molecule has 2 aromatic heterocycles. The van der Waals surface area contributed by atoms with Crippen LogP contribution < -0.4 is 21.7 Å². The van der Waals surface area contributed by atoms with Gasteiger partial charge in [-0.25, -0.2) is 9.97 Å². The van der Waals surface area contributed by atoms with Gasteiger partial charge in [0, 0.05) is 30.0 Å². The van der Waals surface area contributed by atoms with E-state index in [-0.39, 0.29) is 5.91 Å². The third kappa shape index (κ3) is 3.76. The molecular weight excluding hydrogens is 348 g/mol. The Morgan fingerprint density at radius 2 is 2.27 bits per heavy atom. The van der Waals surface area contributed by atoms with Gasteiger partial charge in [-0.1, -0.05) is 11.3 Å². The number of hydrogen-bond donors (Lipinski definition) is 4. The predicted molar refractivity (Wildman–Crippen MR) is 105 cm³/mol. The maximum Gasteiger partial charge on any atom is 0.251 e. The highest BCUT2D eigenvalue weighted by Crippen LogP contribution is 2.29. The normalized spacial score (nSPS) is 16.7. The van der Waals surface area contributed by atoms with Gasteiger partial charge in [0.15, 0.2) is 5.13 Å². The molecule has 0 bridgehead atoms. The van der Waals surface area contributed by atoms with E-state index in [1.807, 2.05) is 18.2 Å². The van der Waals surface area contributed by atoms with Crippen molar-refractivity contribution in [3.63, 3.8) is 0 Å². The number of thiazole rings is 1. The first-order valence-corrected chi connectivity index (χ1v) is 9.40. The first kappa shape index (κ1) is 16.7. The topological polar surface area (TPSA) is 105 Å². The lowest BCUT2D eigenvalue weighted by molar-refractivity contribution is 0.0950. The van der Waals surface area contributed by atoms with E-state index in [2.05, 4.69) is 25.9 Å². The van der Waals surface area contributed by atoms with Crippen molar-refractivity contribution in [3.05, 3.63) is 42.1 Å². The number of nitrogens with two attached hydrogens (primary N) is 1. The Morgan fingerprint density at radius 3 is 3.12 bits per heavy atom. The van der Waals surface area contributed by atoms with Crippen LogP contribution in [0.2, 0.25) is 0 Å². The second kappa shape index (κ2) is 7.27. The molecule has 3 aromatic rings. The molecule has 134 valence electrons. The zero-order valence-corrected chi connectivity index (χ0v) is 15.0. The summed E-state index contributed by atoms with van der Waals surface area (Å²) in [6, 6.07) is 9.43. The summed E-state index contributed by atoms with van der Waals surface area (Å²) in [5, 5.41) is 10.2. The van der Waals surface area contributed by atoms with E-state index in [1.165, 1.54) is 11.3 Å². The number of benzene rings is 1. The highest BCUT2D eigenvalue weighted by molar-refractivity contribution is 7.22. The number of carbonyl (C=O) groups is 1. The molecule has 1 aromatic carbocycles. The number of nitrogens with zero attached hydrogens (tertiary/aromatic N) is 2. The number of rotatable bonds is 5. The maximum absolute atomic E-state index is 12.4. The fourth-order valence-corrected chi connectivity index (χ4v) is 3.91. The first-order chi connectivity index (χ1) is 12.7. The molecule has 1 atom stereocenters. The van der Waals surface area contributed by atoms with Crippen molar-refractivity contribution in [1.82, 2.24) is 20.6 Å². The van der Waals surface area contributed by atoms with Crippen LogP contribution in [0.3, 0.4) is 0 Å². The van der Waals surface area contributed by atoms with Gasteiger partial charge in [0.05, 0.1) is 10.2 Å². The van der Waals surface area contributed by atoms with Crippen LogP contribution in [0.15, 0.2) is 36.5 Å². The Bertz CT molecular complexity index is 934. The number of aromatic nitrogens is 2. The molecule has 0 aliphatic carbocycles. The minimum absolute atomic E-state index is 0.0961. The van der Waals surface area contributed by atoms with Gasteiger partial charge in [-0.3, -0.25) is 4.79 Å². The van der Waals surface area contributed by atoms with Crippen molar-refractivity contribution in [2.45, 2.75) is 18.9 Å². The van der Waals surface area contributed by atoms with E-state index in [0.29, 0.717) is 34.8 Å². The summed E-state index contributed by atoms with van der Waals surface area (Å²) in [7, 11) is 0. The molecule has 8 heteroatoms. The van der Waals surface area contributed by atoms with Gasteiger partial charge in [-0.05, 0) is 49.7 Å². The largest absolute Gasteiger partial charge is 0.399 e. The van der Waals surface area contributed by atoms with Crippen molar-refractivity contribution in [2.75, 3.05) is 24.1 Å². The molecule has 5 N–H and O–H groups in total. The molecule has 7 nitrogen and oxygen atoms in total. The Hall–Kier alpha value is -2.71. The Kier molecular flexibility index (Phi) is 4.68. The number of carbonyl (C=O) groups excluding carboxylic acids is 1. The molecule has 26 heavy (non-hydrogen) atoms. The number of fused-ring (bicyclic) bond motifs is 1. The zero-order valence-electron chi connectivity index (χ0n) is 14.2. The molecule has 0 saturated carbocycles. The van der Waals surface area contributed by atoms with E-state index in [4.69, 9.17) is 5.73 Å². The molecule has 1 fully saturated rings. The molecule has 1 amide bonds. The number of hydrogen-bond acceptors (Lipinski definition) is 7. The van der Waals surface area contributed by atoms with Crippen molar-refractivity contribution >= 4 is 44.1 Å². The lowest BCUT2D eigenvalue weighted by Gasteiger charge is -2.11. The smallest absolute Gasteiger partial charge is 0.251 e. The van der Waals surface area contributed by atoms with Gasteiger partial charge >= 0.3 is 0 Å². The van der Waals surface area contributed by atoms with Crippen LogP contribution in [0.4, 0.5) is 16.6 Å². The highest BCUT2D eigenvalue weighted by Gasteiger charge is 2.15. The lowest BCUT2D eigenvalue weighted by Crippen LogP contribution is -2.37. The van der Waals surface area contributed by atoms with Gasteiger partial charge in [0.25, 0.3) is 5.91 Å². The number of pyridine rings is 1. The summed E-state index contributed by atoms with van der Waals surface area (Å²) < 4.78 is 1.01. The summed E-state index contributed by atoms with van der Waals surface area (Å²) in [6.45, 7) is 1.67. The third-order valence-electron chi connectivity index (χ3n) is 4.34. The third-order valence-corrected chi connectivity index (χ3v) is 5.27. The molecule has 1 aliphatic rings. The fraction of sp³-hybridized carbons (Fsp3) is 0.278. The summed E-state index contributed by atoms with van der Waals surface area (Å²) >= 11 is 1.50. The molecule has 4 rings (SSSR count). The highest BCUT2D eigenvalue weighted by atomic mass is 32.1. The van der Waals surface area contributed by atoms with E-state index < -0.39 is 0 Å². The van der Waals surface area contributed by atoms with Gasteiger partial charge in [-0.2, -0.15) is 0 Å². The molecule has 1 saturated heterocycles. The maximum atomic E-state index is 12.4. The first-order valence-electron chi connectivity index (χ1n) is 8.58.